The van der Waals surface area contributed by atoms with Crippen LogP contribution in [0.1, 0.15) is 57.1 Å². The number of benzene rings is 1. The first-order valence-corrected chi connectivity index (χ1v) is 9.05. The monoisotopic (exact) mass is 317 g/mol. The Kier molecular flexibility index (Phi) is 7.40. The first-order valence-electron chi connectivity index (χ1n) is 9.05. The van der Waals surface area contributed by atoms with Crippen molar-refractivity contribution >= 4 is 6.03 Å². The van der Waals surface area contributed by atoms with Gasteiger partial charge in [0.1, 0.15) is 0 Å². The van der Waals surface area contributed by atoms with Crippen molar-refractivity contribution in [3.8, 4) is 0 Å². The molecule has 0 radical (unpaired) electrons. The third-order valence-corrected chi connectivity index (χ3v) is 4.72. The van der Waals surface area contributed by atoms with E-state index in [0.29, 0.717) is 12.6 Å². The van der Waals surface area contributed by atoms with Crippen LogP contribution in [0.15, 0.2) is 24.3 Å². The van der Waals surface area contributed by atoms with Gasteiger partial charge >= 0.3 is 6.03 Å². The van der Waals surface area contributed by atoms with Crippen LogP contribution in [0.2, 0.25) is 0 Å². The normalized spacial score (nSPS) is 15.6. The zero-order chi connectivity index (χ0) is 16.5. The Morgan fingerprint density at radius 1 is 1.04 bits per heavy atom. The van der Waals surface area contributed by atoms with Gasteiger partial charge in [0.2, 0.25) is 0 Å². The summed E-state index contributed by atoms with van der Waals surface area (Å²) < 4.78 is 0. The second kappa shape index (κ2) is 9.56. The summed E-state index contributed by atoms with van der Waals surface area (Å²) >= 11 is 0. The lowest BCUT2D eigenvalue weighted by atomic mass is 9.96. The van der Waals surface area contributed by atoms with Crippen LogP contribution in [0.4, 0.5) is 4.79 Å². The van der Waals surface area contributed by atoms with Gasteiger partial charge < -0.3 is 10.6 Å². The second-order valence-corrected chi connectivity index (χ2v) is 6.44. The molecule has 2 N–H and O–H groups in total. The van der Waals surface area contributed by atoms with Crippen LogP contribution >= 0.6 is 0 Å². The molecule has 1 aliphatic rings. The van der Waals surface area contributed by atoms with E-state index in [-0.39, 0.29) is 6.03 Å². The average Bonchev–Trinajstić information content (AvgIpc) is 2.60. The Morgan fingerprint density at radius 2 is 1.65 bits per heavy atom. The summed E-state index contributed by atoms with van der Waals surface area (Å²) in [5.41, 5.74) is 2.47. The quantitative estimate of drug-likeness (QED) is 0.806. The van der Waals surface area contributed by atoms with Gasteiger partial charge in [0.05, 0.1) is 0 Å². The Labute approximate surface area is 140 Å². The molecule has 4 nitrogen and oxygen atoms in total. The number of rotatable bonds is 7. The zero-order valence-corrected chi connectivity index (χ0v) is 14.6. The van der Waals surface area contributed by atoms with Crippen LogP contribution in [0.25, 0.3) is 0 Å². The van der Waals surface area contributed by atoms with Crippen molar-refractivity contribution in [2.75, 3.05) is 13.1 Å². The minimum Gasteiger partial charge on any atom is -0.335 e. The molecule has 1 saturated carbocycles. The van der Waals surface area contributed by atoms with E-state index in [1.807, 2.05) is 0 Å². The highest BCUT2D eigenvalue weighted by Crippen LogP contribution is 2.17. The van der Waals surface area contributed by atoms with Gasteiger partial charge in [-0.2, -0.15) is 0 Å². The SMILES string of the molecule is CCN(CC)Cc1ccc(CNC(=O)NC2CCCCC2)cc1. The van der Waals surface area contributed by atoms with E-state index >= 15 is 0 Å². The van der Waals surface area contributed by atoms with E-state index in [1.54, 1.807) is 0 Å². The first-order chi connectivity index (χ1) is 11.2. The average molecular weight is 317 g/mol. The molecular formula is C19H31N3O. The minimum atomic E-state index is -0.0379. The molecule has 2 rings (SSSR count). The van der Waals surface area contributed by atoms with Crippen molar-refractivity contribution in [1.82, 2.24) is 15.5 Å². The van der Waals surface area contributed by atoms with Crippen LogP contribution in [0, 0.1) is 0 Å². The van der Waals surface area contributed by atoms with Crippen molar-refractivity contribution in [1.29, 1.82) is 0 Å². The summed E-state index contributed by atoms with van der Waals surface area (Å²) in [6.07, 6.45) is 6.01. The number of carbonyl (C=O) groups is 1. The molecule has 0 unspecified atom stereocenters. The summed E-state index contributed by atoms with van der Waals surface area (Å²) in [6, 6.07) is 8.87. The number of hydrogen-bond acceptors (Lipinski definition) is 2. The molecule has 0 atom stereocenters. The zero-order valence-electron chi connectivity index (χ0n) is 14.6. The molecule has 0 bridgehead atoms. The highest BCUT2D eigenvalue weighted by Gasteiger charge is 2.15. The van der Waals surface area contributed by atoms with Crippen LogP contribution in [0.5, 0.6) is 0 Å². The summed E-state index contributed by atoms with van der Waals surface area (Å²) in [4.78, 5) is 14.3. The fourth-order valence-electron chi connectivity index (χ4n) is 3.13. The molecular weight excluding hydrogens is 286 g/mol. The molecule has 1 aliphatic carbocycles. The van der Waals surface area contributed by atoms with Crippen LogP contribution in [-0.4, -0.2) is 30.1 Å². The fraction of sp³-hybridized carbons (Fsp3) is 0.632. The van der Waals surface area contributed by atoms with Gasteiger partial charge in [-0.05, 0) is 37.1 Å². The molecule has 1 aromatic carbocycles. The van der Waals surface area contributed by atoms with Gasteiger partial charge in [-0.15, -0.1) is 0 Å². The lowest BCUT2D eigenvalue weighted by Crippen LogP contribution is -2.42. The van der Waals surface area contributed by atoms with Gasteiger partial charge in [-0.1, -0.05) is 57.4 Å². The maximum Gasteiger partial charge on any atom is 0.315 e. The smallest absolute Gasteiger partial charge is 0.315 e. The Balaban J connectivity index is 1.73. The van der Waals surface area contributed by atoms with Gasteiger partial charge in [0, 0.05) is 19.1 Å². The number of hydrogen-bond donors (Lipinski definition) is 2. The molecule has 0 saturated heterocycles. The van der Waals surface area contributed by atoms with E-state index in [0.717, 1.165) is 38.0 Å². The van der Waals surface area contributed by atoms with Gasteiger partial charge in [-0.25, -0.2) is 4.79 Å². The Morgan fingerprint density at radius 3 is 2.26 bits per heavy atom. The number of nitrogens with zero attached hydrogens (tertiary/aromatic N) is 1. The van der Waals surface area contributed by atoms with Gasteiger partial charge in [0.25, 0.3) is 0 Å². The highest BCUT2D eigenvalue weighted by atomic mass is 16.2. The molecule has 1 fully saturated rings. The molecule has 2 amide bonds. The van der Waals surface area contributed by atoms with E-state index in [4.69, 9.17) is 0 Å². The number of amides is 2. The lowest BCUT2D eigenvalue weighted by molar-refractivity contribution is 0.232. The van der Waals surface area contributed by atoms with Crippen LogP contribution < -0.4 is 10.6 Å². The molecule has 0 heterocycles. The molecule has 1 aromatic rings. The molecule has 0 aromatic heterocycles. The van der Waals surface area contributed by atoms with Crippen molar-refractivity contribution < 1.29 is 4.79 Å². The van der Waals surface area contributed by atoms with E-state index in [1.165, 1.54) is 24.8 Å². The predicted molar refractivity (Wildman–Crippen MR) is 95.3 cm³/mol. The summed E-state index contributed by atoms with van der Waals surface area (Å²) in [5, 5.41) is 6.05. The number of urea groups is 1. The van der Waals surface area contributed by atoms with Crippen LogP contribution in [-0.2, 0) is 13.1 Å². The van der Waals surface area contributed by atoms with Crippen LogP contribution in [0.3, 0.4) is 0 Å². The second-order valence-electron chi connectivity index (χ2n) is 6.44. The molecule has 0 aliphatic heterocycles. The van der Waals surface area contributed by atoms with E-state index in [9.17, 15) is 4.79 Å². The fourth-order valence-corrected chi connectivity index (χ4v) is 3.13. The summed E-state index contributed by atoms with van der Waals surface area (Å²) in [6.45, 7) is 8.09. The van der Waals surface area contributed by atoms with Crippen molar-refractivity contribution in [2.45, 2.75) is 65.1 Å². The third-order valence-electron chi connectivity index (χ3n) is 4.72. The van der Waals surface area contributed by atoms with Crippen molar-refractivity contribution in [2.24, 2.45) is 0 Å². The molecule has 4 heteroatoms. The van der Waals surface area contributed by atoms with Gasteiger partial charge in [0.15, 0.2) is 0 Å². The highest BCUT2D eigenvalue weighted by molar-refractivity contribution is 5.74. The largest absolute Gasteiger partial charge is 0.335 e. The molecule has 23 heavy (non-hydrogen) atoms. The molecule has 128 valence electrons. The topological polar surface area (TPSA) is 44.4 Å². The standard InChI is InChI=1S/C19H31N3O/c1-3-22(4-2)15-17-12-10-16(11-13-17)14-20-19(23)21-18-8-6-5-7-9-18/h10-13,18H,3-9,14-15H2,1-2H3,(H2,20,21,23). The summed E-state index contributed by atoms with van der Waals surface area (Å²) in [7, 11) is 0. The van der Waals surface area contributed by atoms with Crippen molar-refractivity contribution in [3.05, 3.63) is 35.4 Å². The van der Waals surface area contributed by atoms with E-state index < -0.39 is 0 Å². The maximum atomic E-state index is 11.9. The predicted octanol–water partition coefficient (Wildman–Crippen LogP) is 3.66. The number of carbonyl (C=O) groups excluding carboxylic acids is 1. The Hall–Kier alpha value is -1.55. The lowest BCUT2D eigenvalue weighted by Gasteiger charge is -2.22. The maximum absolute atomic E-state index is 11.9. The number of nitrogens with one attached hydrogen (secondary N) is 2. The molecule has 0 spiro atoms. The Bertz CT molecular complexity index is 462. The minimum absolute atomic E-state index is 0.0379. The van der Waals surface area contributed by atoms with E-state index in [2.05, 4.69) is 53.6 Å². The summed E-state index contributed by atoms with van der Waals surface area (Å²) in [5.74, 6) is 0. The van der Waals surface area contributed by atoms with Crippen molar-refractivity contribution in [3.63, 3.8) is 0 Å². The first kappa shape index (κ1) is 17.8. The van der Waals surface area contributed by atoms with Gasteiger partial charge in [-0.3, -0.25) is 4.90 Å². The third kappa shape index (κ3) is 6.22.